The lowest BCUT2D eigenvalue weighted by atomic mass is 10.0. The first-order valence-electron chi connectivity index (χ1n) is 7.13. The summed E-state index contributed by atoms with van der Waals surface area (Å²) in [5, 5.41) is 20.1. The molecule has 0 saturated carbocycles. The minimum atomic E-state index is -0.467. The van der Waals surface area contributed by atoms with Crippen molar-refractivity contribution in [1.82, 2.24) is 0 Å². The van der Waals surface area contributed by atoms with Gasteiger partial charge in [0.2, 0.25) is 0 Å². The molecule has 0 aromatic heterocycles. The smallest absolute Gasteiger partial charge is 0.269 e. The number of nitro groups is 1. The fourth-order valence-corrected chi connectivity index (χ4v) is 2.06. The summed E-state index contributed by atoms with van der Waals surface area (Å²) in [5.74, 6) is 0.692. The van der Waals surface area contributed by atoms with Crippen molar-refractivity contribution in [1.29, 1.82) is 5.26 Å². The lowest BCUT2D eigenvalue weighted by molar-refractivity contribution is -0.384. The molecule has 0 saturated heterocycles. The molecule has 116 valence electrons. The molecule has 0 aliphatic carbocycles. The third-order valence-electron chi connectivity index (χ3n) is 3.09. The van der Waals surface area contributed by atoms with Gasteiger partial charge in [-0.1, -0.05) is 18.2 Å². The predicted octanol–water partition coefficient (Wildman–Crippen LogP) is 4.45. The van der Waals surface area contributed by atoms with Gasteiger partial charge in [0, 0.05) is 17.7 Å². The van der Waals surface area contributed by atoms with Gasteiger partial charge in [-0.2, -0.15) is 5.26 Å². The minimum Gasteiger partial charge on any atom is -0.490 e. The van der Waals surface area contributed by atoms with Crippen LogP contribution in [0.25, 0.3) is 11.6 Å². The average Bonchev–Trinajstić information content (AvgIpc) is 2.53. The molecule has 0 atom stereocenters. The van der Waals surface area contributed by atoms with Crippen molar-refractivity contribution < 1.29 is 9.66 Å². The van der Waals surface area contributed by atoms with Gasteiger partial charge in [0.15, 0.2) is 0 Å². The van der Waals surface area contributed by atoms with Crippen LogP contribution in [0.2, 0.25) is 0 Å². The number of ether oxygens (including phenoxy) is 1. The Morgan fingerprint density at radius 3 is 2.43 bits per heavy atom. The van der Waals surface area contributed by atoms with Crippen LogP contribution in [0.5, 0.6) is 5.75 Å². The molecule has 2 aromatic rings. The molecular formula is C18H16N2O3. The zero-order valence-corrected chi connectivity index (χ0v) is 12.9. The number of hydrogen-bond acceptors (Lipinski definition) is 4. The molecule has 0 bridgehead atoms. The Morgan fingerprint density at radius 2 is 1.87 bits per heavy atom. The minimum absolute atomic E-state index is 0.00502. The third kappa shape index (κ3) is 4.17. The zero-order chi connectivity index (χ0) is 16.8. The maximum atomic E-state index is 10.7. The van der Waals surface area contributed by atoms with Crippen molar-refractivity contribution in [3.63, 3.8) is 0 Å². The van der Waals surface area contributed by atoms with Gasteiger partial charge in [-0.15, -0.1) is 0 Å². The van der Waals surface area contributed by atoms with Gasteiger partial charge in [0.05, 0.1) is 22.7 Å². The van der Waals surface area contributed by atoms with Crippen molar-refractivity contribution >= 4 is 17.3 Å². The first-order chi connectivity index (χ1) is 11.0. The van der Waals surface area contributed by atoms with Crippen LogP contribution >= 0.6 is 0 Å². The van der Waals surface area contributed by atoms with Crippen molar-refractivity contribution in [3.8, 4) is 11.8 Å². The number of allylic oxidation sites excluding steroid dienone is 1. The second kappa shape index (κ2) is 7.23. The number of nitrogens with zero attached hydrogens (tertiary/aromatic N) is 2. The van der Waals surface area contributed by atoms with E-state index in [-0.39, 0.29) is 11.8 Å². The number of nitriles is 1. The van der Waals surface area contributed by atoms with Crippen molar-refractivity contribution in [2.75, 3.05) is 0 Å². The van der Waals surface area contributed by atoms with Crippen LogP contribution in [0, 0.1) is 21.4 Å². The number of non-ortho nitro benzene ring substituents is 1. The highest BCUT2D eigenvalue weighted by molar-refractivity contribution is 5.90. The van der Waals surface area contributed by atoms with Gasteiger partial charge in [-0.25, -0.2) is 0 Å². The maximum Gasteiger partial charge on any atom is 0.269 e. The second-order valence-corrected chi connectivity index (χ2v) is 5.18. The first kappa shape index (κ1) is 16.2. The summed E-state index contributed by atoms with van der Waals surface area (Å²) >= 11 is 0. The number of benzene rings is 2. The summed E-state index contributed by atoms with van der Waals surface area (Å²) in [6.07, 6.45) is 1.74. The highest BCUT2D eigenvalue weighted by Gasteiger charge is 2.09. The number of nitro benzene ring substituents is 1. The van der Waals surface area contributed by atoms with E-state index in [2.05, 4.69) is 6.07 Å². The molecule has 0 unspecified atom stereocenters. The van der Waals surface area contributed by atoms with E-state index in [0.29, 0.717) is 16.9 Å². The Balaban J connectivity index is 2.40. The topological polar surface area (TPSA) is 76.2 Å². The molecule has 0 aliphatic heterocycles. The van der Waals surface area contributed by atoms with Crippen LogP contribution in [-0.2, 0) is 0 Å². The highest BCUT2D eigenvalue weighted by atomic mass is 16.6. The molecule has 0 aliphatic rings. The molecule has 5 nitrogen and oxygen atoms in total. The van der Waals surface area contributed by atoms with E-state index < -0.39 is 4.92 Å². The third-order valence-corrected chi connectivity index (χ3v) is 3.09. The van der Waals surface area contributed by atoms with Gasteiger partial charge >= 0.3 is 0 Å². The molecule has 5 heteroatoms. The SMILES string of the molecule is CC(C)Oc1ccccc1C=C(C#N)c1ccc([N+](=O)[O-])cc1. The Labute approximate surface area is 134 Å². The van der Waals surface area contributed by atoms with Crippen LogP contribution in [0.3, 0.4) is 0 Å². The molecule has 0 heterocycles. The quantitative estimate of drug-likeness (QED) is 0.354. The van der Waals surface area contributed by atoms with E-state index in [4.69, 9.17) is 4.74 Å². The molecule has 23 heavy (non-hydrogen) atoms. The molecule has 0 fully saturated rings. The fourth-order valence-electron chi connectivity index (χ4n) is 2.06. The molecule has 0 amide bonds. The van der Waals surface area contributed by atoms with Gasteiger partial charge in [-0.05, 0) is 43.7 Å². The molecular weight excluding hydrogens is 292 g/mol. The van der Waals surface area contributed by atoms with Crippen molar-refractivity contribution in [2.45, 2.75) is 20.0 Å². The summed E-state index contributed by atoms with van der Waals surface area (Å²) in [6, 6.07) is 15.5. The summed E-state index contributed by atoms with van der Waals surface area (Å²) in [7, 11) is 0. The largest absolute Gasteiger partial charge is 0.490 e. The summed E-state index contributed by atoms with van der Waals surface area (Å²) < 4.78 is 5.73. The van der Waals surface area contributed by atoms with Crippen LogP contribution < -0.4 is 4.74 Å². The van der Waals surface area contributed by atoms with E-state index in [1.54, 1.807) is 18.2 Å². The Bertz CT molecular complexity index is 772. The summed E-state index contributed by atoms with van der Waals surface area (Å²) in [5.41, 5.74) is 1.82. The molecule has 0 N–H and O–H groups in total. The normalized spacial score (nSPS) is 11.1. The second-order valence-electron chi connectivity index (χ2n) is 5.18. The average molecular weight is 308 g/mol. The van der Waals surface area contributed by atoms with E-state index in [1.165, 1.54) is 12.1 Å². The Kier molecular flexibility index (Phi) is 5.11. The standard InChI is InChI=1S/C18H16N2O3/c1-13(2)23-18-6-4-3-5-15(18)11-16(12-19)14-7-9-17(10-8-14)20(21)22/h3-11,13H,1-2H3. The Morgan fingerprint density at radius 1 is 1.22 bits per heavy atom. The number of rotatable bonds is 5. The summed E-state index contributed by atoms with van der Waals surface area (Å²) in [6.45, 7) is 3.87. The van der Waals surface area contributed by atoms with Gasteiger partial charge in [-0.3, -0.25) is 10.1 Å². The summed E-state index contributed by atoms with van der Waals surface area (Å²) in [4.78, 5) is 10.2. The highest BCUT2D eigenvalue weighted by Crippen LogP contribution is 2.26. The maximum absolute atomic E-state index is 10.7. The van der Waals surface area contributed by atoms with Gasteiger partial charge < -0.3 is 4.74 Å². The lowest BCUT2D eigenvalue weighted by Gasteiger charge is -2.12. The first-order valence-corrected chi connectivity index (χ1v) is 7.13. The number of para-hydroxylation sites is 1. The van der Waals surface area contributed by atoms with Crippen molar-refractivity contribution in [2.24, 2.45) is 0 Å². The molecule has 2 aromatic carbocycles. The monoisotopic (exact) mass is 308 g/mol. The predicted molar refractivity (Wildman–Crippen MR) is 88.8 cm³/mol. The molecule has 0 spiro atoms. The van der Waals surface area contributed by atoms with E-state index in [1.807, 2.05) is 38.1 Å². The molecule has 2 rings (SSSR count). The van der Waals surface area contributed by atoms with Gasteiger partial charge in [0.25, 0.3) is 5.69 Å². The van der Waals surface area contributed by atoms with Crippen LogP contribution in [-0.4, -0.2) is 11.0 Å². The van der Waals surface area contributed by atoms with Crippen LogP contribution in [0.4, 0.5) is 5.69 Å². The lowest BCUT2D eigenvalue weighted by Crippen LogP contribution is -2.06. The van der Waals surface area contributed by atoms with Gasteiger partial charge in [0.1, 0.15) is 5.75 Å². The van der Waals surface area contributed by atoms with E-state index in [0.717, 1.165) is 5.56 Å². The molecule has 0 radical (unpaired) electrons. The fraction of sp³-hybridized carbons (Fsp3) is 0.167. The van der Waals surface area contributed by atoms with E-state index in [9.17, 15) is 15.4 Å². The van der Waals surface area contributed by atoms with Crippen molar-refractivity contribution in [3.05, 3.63) is 69.8 Å². The number of hydrogen-bond donors (Lipinski definition) is 0. The Hall–Kier alpha value is -3.13. The van der Waals surface area contributed by atoms with Crippen LogP contribution in [0.1, 0.15) is 25.0 Å². The zero-order valence-electron chi connectivity index (χ0n) is 12.9. The van der Waals surface area contributed by atoms with Crippen LogP contribution in [0.15, 0.2) is 48.5 Å². The van der Waals surface area contributed by atoms with E-state index >= 15 is 0 Å².